The standard InChI is InChI=1S/C13H18N2O2S/c1-17-13(16)9-4-5-11(14)12(7-9)15-8-10-3-2-6-18-10/h4-5,7,10,15H,2-3,6,8,14H2,1H3. The number of anilines is 2. The Morgan fingerprint density at radius 3 is 3.11 bits per heavy atom. The number of carbonyl (C=O) groups is 1. The number of esters is 1. The first-order valence-corrected chi connectivity index (χ1v) is 7.09. The fraction of sp³-hybridized carbons (Fsp3) is 0.462. The molecule has 1 aromatic rings. The van der Waals surface area contributed by atoms with E-state index in [1.54, 1.807) is 18.2 Å². The Labute approximate surface area is 111 Å². The topological polar surface area (TPSA) is 64.3 Å². The maximum atomic E-state index is 11.4. The van der Waals surface area contributed by atoms with Gasteiger partial charge in [-0.3, -0.25) is 0 Å². The predicted octanol–water partition coefficient (Wildman–Crippen LogP) is 2.36. The molecule has 1 atom stereocenters. The molecule has 1 aliphatic rings. The zero-order chi connectivity index (χ0) is 13.0. The number of hydrogen-bond acceptors (Lipinski definition) is 5. The number of benzene rings is 1. The van der Waals surface area contributed by atoms with Crippen LogP contribution in [-0.2, 0) is 4.74 Å². The van der Waals surface area contributed by atoms with Crippen molar-refractivity contribution >= 4 is 29.1 Å². The fourth-order valence-corrected chi connectivity index (χ4v) is 3.18. The highest BCUT2D eigenvalue weighted by molar-refractivity contribution is 8.00. The van der Waals surface area contributed by atoms with Gasteiger partial charge in [-0.15, -0.1) is 0 Å². The first-order chi connectivity index (χ1) is 8.70. The third kappa shape index (κ3) is 3.10. The van der Waals surface area contributed by atoms with Crippen molar-refractivity contribution in [2.45, 2.75) is 18.1 Å². The highest BCUT2D eigenvalue weighted by Crippen LogP contribution is 2.27. The van der Waals surface area contributed by atoms with Crippen LogP contribution >= 0.6 is 11.8 Å². The summed E-state index contributed by atoms with van der Waals surface area (Å²) in [5.74, 6) is 0.901. The van der Waals surface area contributed by atoms with E-state index in [4.69, 9.17) is 10.5 Å². The van der Waals surface area contributed by atoms with Crippen LogP contribution in [-0.4, -0.2) is 30.6 Å². The molecular formula is C13H18N2O2S. The van der Waals surface area contributed by atoms with Gasteiger partial charge in [-0.2, -0.15) is 11.8 Å². The summed E-state index contributed by atoms with van der Waals surface area (Å²) in [7, 11) is 1.38. The molecule has 1 unspecified atom stereocenters. The maximum absolute atomic E-state index is 11.4. The SMILES string of the molecule is COC(=O)c1ccc(N)c(NCC2CCCS2)c1. The first kappa shape index (κ1) is 13.1. The number of carbonyl (C=O) groups excluding carboxylic acids is 1. The molecule has 1 heterocycles. The third-order valence-electron chi connectivity index (χ3n) is 3.02. The van der Waals surface area contributed by atoms with Gasteiger partial charge in [0.1, 0.15) is 0 Å². The van der Waals surface area contributed by atoms with E-state index in [0.29, 0.717) is 16.5 Å². The van der Waals surface area contributed by atoms with Crippen molar-refractivity contribution in [1.82, 2.24) is 0 Å². The summed E-state index contributed by atoms with van der Waals surface area (Å²) in [6, 6.07) is 5.16. The molecule has 1 aliphatic heterocycles. The smallest absolute Gasteiger partial charge is 0.337 e. The van der Waals surface area contributed by atoms with Crippen molar-refractivity contribution < 1.29 is 9.53 Å². The van der Waals surface area contributed by atoms with E-state index in [-0.39, 0.29) is 5.97 Å². The van der Waals surface area contributed by atoms with E-state index in [2.05, 4.69) is 5.32 Å². The summed E-state index contributed by atoms with van der Waals surface area (Å²) in [5.41, 5.74) is 7.88. The highest BCUT2D eigenvalue weighted by atomic mass is 32.2. The lowest BCUT2D eigenvalue weighted by molar-refractivity contribution is 0.0601. The molecule has 0 bridgehead atoms. The normalized spacial score (nSPS) is 18.6. The molecule has 18 heavy (non-hydrogen) atoms. The van der Waals surface area contributed by atoms with Gasteiger partial charge in [-0.1, -0.05) is 0 Å². The summed E-state index contributed by atoms with van der Waals surface area (Å²) >= 11 is 1.99. The number of nitrogens with two attached hydrogens (primary N) is 1. The van der Waals surface area contributed by atoms with Crippen LogP contribution in [0.15, 0.2) is 18.2 Å². The second-order valence-electron chi connectivity index (χ2n) is 4.31. The van der Waals surface area contributed by atoms with Gasteiger partial charge in [-0.05, 0) is 36.8 Å². The summed E-state index contributed by atoms with van der Waals surface area (Å²) in [6.07, 6.45) is 2.53. The van der Waals surface area contributed by atoms with Crippen molar-refractivity contribution in [3.8, 4) is 0 Å². The van der Waals surface area contributed by atoms with Gasteiger partial charge >= 0.3 is 5.97 Å². The molecule has 0 amide bonds. The number of methoxy groups -OCH3 is 1. The lowest BCUT2D eigenvalue weighted by Gasteiger charge is -2.14. The minimum absolute atomic E-state index is 0.340. The Kier molecular flexibility index (Phi) is 4.36. The second-order valence-corrected chi connectivity index (χ2v) is 5.72. The van der Waals surface area contributed by atoms with Crippen molar-refractivity contribution in [2.24, 2.45) is 0 Å². The lowest BCUT2D eigenvalue weighted by atomic mass is 10.1. The number of rotatable bonds is 4. The van der Waals surface area contributed by atoms with Crippen molar-refractivity contribution in [3.63, 3.8) is 0 Å². The highest BCUT2D eigenvalue weighted by Gasteiger charge is 2.16. The zero-order valence-electron chi connectivity index (χ0n) is 10.4. The van der Waals surface area contributed by atoms with E-state index in [1.807, 2.05) is 11.8 Å². The molecule has 1 aromatic carbocycles. The number of thioether (sulfide) groups is 1. The number of nitrogen functional groups attached to an aromatic ring is 1. The van der Waals surface area contributed by atoms with Crippen LogP contribution < -0.4 is 11.1 Å². The summed E-state index contributed by atoms with van der Waals surface area (Å²) in [6.45, 7) is 0.888. The second kappa shape index (κ2) is 6.00. The molecule has 0 aliphatic carbocycles. The van der Waals surface area contributed by atoms with Crippen LogP contribution in [0.3, 0.4) is 0 Å². The van der Waals surface area contributed by atoms with Crippen molar-refractivity contribution in [3.05, 3.63) is 23.8 Å². The average molecular weight is 266 g/mol. The van der Waals surface area contributed by atoms with Crippen LogP contribution in [0.25, 0.3) is 0 Å². The van der Waals surface area contributed by atoms with Crippen LogP contribution in [0.5, 0.6) is 0 Å². The van der Waals surface area contributed by atoms with Crippen LogP contribution in [0.1, 0.15) is 23.2 Å². The minimum Gasteiger partial charge on any atom is -0.465 e. The molecule has 1 saturated heterocycles. The van der Waals surface area contributed by atoms with Crippen LogP contribution in [0.2, 0.25) is 0 Å². The van der Waals surface area contributed by atoms with Crippen molar-refractivity contribution in [2.75, 3.05) is 30.5 Å². The molecular weight excluding hydrogens is 248 g/mol. The monoisotopic (exact) mass is 266 g/mol. The Morgan fingerprint density at radius 2 is 2.44 bits per heavy atom. The van der Waals surface area contributed by atoms with Gasteiger partial charge < -0.3 is 15.8 Å². The van der Waals surface area contributed by atoms with Gasteiger partial charge in [0.2, 0.25) is 0 Å². The molecule has 2 rings (SSSR count). The number of ether oxygens (including phenoxy) is 1. The van der Waals surface area contributed by atoms with E-state index < -0.39 is 0 Å². The molecule has 0 saturated carbocycles. The molecule has 3 N–H and O–H groups in total. The molecule has 0 radical (unpaired) electrons. The number of nitrogens with one attached hydrogen (secondary N) is 1. The van der Waals surface area contributed by atoms with Gasteiger partial charge in [0, 0.05) is 11.8 Å². The zero-order valence-corrected chi connectivity index (χ0v) is 11.3. The predicted molar refractivity (Wildman–Crippen MR) is 76.2 cm³/mol. The van der Waals surface area contributed by atoms with Gasteiger partial charge in [0.15, 0.2) is 0 Å². The van der Waals surface area contributed by atoms with Gasteiger partial charge in [0.25, 0.3) is 0 Å². The van der Waals surface area contributed by atoms with Crippen LogP contribution in [0, 0.1) is 0 Å². The van der Waals surface area contributed by atoms with E-state index >= 15 is 0 Å². The average Bonchev–Trinajstić information content (AvgIpc) is 2.90. The largest absolute Gasteiger partial charge is 0.465 e. The number of hydrogen-bond donors (Lipinski definition) is 2. The molecule has 5 heteroatoms. The Bertz CT molecular complexity index is 431. The van der Waals surface area contributed by atoms with E-state index in [9.17, 15) is 4.79 Å². The molecule has 4 nitrogen and oxygen atoms in total. The minimum atomic E-state index is -0.340. The Balaban J connectivity index is 2.03. The van der Waals surface area contributed by atoms with Crippen LogP contribution in [0.4, 0.5) is 11.4 Å². The third-order valence-corrected chi connectivity index (χ3v) is 4.42. The molecule has 1 fully saturated rings. The van der Waals surface area contributed by atoms with Crippen molar-refractivity contribution in [1.29, 1.82) is 0 Å². The molecule has 0 spiro atoms. The molecule has 0 aromatic heterocycles. The fourth-order valence-electron chi connectivity index (χ4n) is 1.98. The lowest BCUT2D eigenvalue weighted by Crippen LogP contribution is -2.15. The van der Waals surface area contributed by atoms with E-state index in [1.165, 1.54) is 25.7 Å². The first-order valence-electron chi connectivity index (χ1n) is 6.04. The Hall–Kier alpha value is -1.36. The Morgan fingerprint density at radius 1 is 1.61 bits per heavy atom. The molecule has 98 valence electrons. The summed E-state index contributed by atoms with van der Waals surface area (Å²) < 4.78 is 4.70. The maximum Gasteiger partial charge on any atom is 0.337 e. The van der Waals surface area contributed by atoms with Gasteiger partial charge in [-0.25, -0.2) is 4.79 Å². The quantitative estimate of drug-likeness (QED) is 0.647. The summed E-state index contributed by atoms with van der Waals surface area (Å²) in [5, 5.41) is 3.97. The summed E-state index contributed by atoms with van der Waals surface area (Å²) in [4.78, 5) is 11.4. The van der Waals surface area contributed by atoms with E-state index in [0.717, 1.165) is 12.2 Å². The van der Waals surface area contributed by atoms with Gasteiger partial charge in [0.05, 0.1) is 24.0 Å².